The molecule has 0 fully saturated rings. The lowest BCUT2D eigenvalue weighted by Gasteiger charge is -2.24. The van der Waals surface area contributed by atoms with Crippen LogP contribution < -0.4 is 5.32 Å². The van der Waals surface area contributed by atoms with Crippen molar-refractivity contribution >= 4 is 23.6 Å². The minimum atomic E-state index is -0.114. The van der Waals surface area contributed by atoms with E-state index in [9.17, 15) is 4.79 Å². The summed E-state index contributed by atoms with van der Waals surface area (Å²) in [6, 6.07) is 7.29. The van der Waals surface area contributed by atoms with Gasteiger partial charge in [0.1, 0.15) is 0 Å². The average molecular weight is 296 g/mol. The first-order valence-electron chi connectivity index (χ1n) is 6.75. The van der Waals surface area contributed by atoms with Gasteiger partial charge in [0.2, 0.25) is 5.91 Å². The largest absolute Gasteiger partial charge is 0.396 e. The Morgan fingerprint density at radius 2 is 2.00 bits per heavy atom. The highest BCUT2D eigenvalue weighted by Gasteiger charge is 2.17. The second kappa shape index (κ2) is 8.08. The molecule has 1 aromatic rings. The van der Waals surface area contributed by atoms with E-state index in [0.29, 0.717) is 11.6 Å². The predicted octanol–water partition coefficient (Wildman–Crippen LogP) is 3.27. The number of aliphatic hydroxyl groups is 1. The van der Waals surface area contributed by atoms with Gasteiger partial charge in [-0.2, -0.15) is 0 Å². The third kappa shape index (κ3) is 6.73. The SMILES string of the molecule is CC(C)(CCCO)CNC(=O)/C=C/c1ccc(Cl)cc1. The van der Waals surface area contributed by atoms with Gasteiger partial charge in [-0.25, -0.2) is 0 Å². The van der Waals surface area contributed by atoms with E-state index < -0.39 is 0 Å². The van der Waals surface area contributed by atoms with Crippen LogP contribution in [0.3, 0.4) is 0 Å². The molecule has 0 saturated carbocycles. The third-order valence-electron chi connectivity index (χ3n) is 3.05. The molecule has 0 heterocycles. The molecule has 3 nitrogen and oxygen atoms in total. The van der Waals surface area contributed by atoms with Gasteiger partial charge in [0.15, 0.2) is 0 Å². The first-order valence-corrected chi connectivity index (χ1v) is 7.13. The van der Waals surface area contributed by atoms with Crippen LogP contribution in [0.25, 0.3) is 6.08 Å². The van der Waals surface area contributed by atoms with Crippen LogP contribution in [0.1, 0.15) is 32.3 Å². The Morgan fingerprint density at radius 3 is 2.60 bits per heavy atom. The predicted molar refractivity (Wildman–Crippen MR) is 83.6 cm³/mol. The third-order valence-corrected chi connectivity index (χ3v) is 3.30. The Kier molecular flexibility index (Phi) is 6.76. The molecule has 0 unspecified atom stereocenters. The van der Waals surface area contributed by atoms with E-state index in [0.717, 1.165) is 18.4 Å². The smallest absolute Gasteiger partial charge is 0.244 e. The molecule has 0 aliphatic heterocycles. The van der Waals surface area contributed by atoms with Crippen LogP contribution in [-0.4, -0.2) is 24.2 Å². The first kappa shape index (κ1) is 16.7. The molecule has 4 heteroatoms. The van der Waals surface area contributed by atoms with Crippen LogP contribution in [0.15, 0.2) is 30.3 Å². The molecule has 0 saturated heterocycles. The van der Waals surface area contributed by atoms with E-state index in [1.54, 1.807) is 18.2 Å². The van der Waals surface area contributed by atoms with Crippen molar-refractivity contribution in [2.45, 2.75) is 26.7 Å². The summed E-state index contributed by atoms with van der Waals surface area (Å²) in [5.41, 5.74) is 0.927. The average Bonchev–Trinajstić information content (AvgIpc) is 2.42. The van der Waals surface area contributed by atoms with E-state index in [1.807, 2.05) is 12.1 Å². The molecule has 1 aromatic carbocycles. The maximum absolute atomic E-state index is 11.7. The van der Waals surface area contributed by atoms with Crippen molar-refractivity contribution in [2.24, 2.45) is 5.41 Å². The number of hydrogen-bond acceptors (Lipinski definition) is 2. The lowest BCUT2D eigenvalue weighted by atomic mass is 9.88. The molecule has 20 heavy (non-hydrogen) atoms. The van der Waals surface area contributed by atoms with Gasteiger partial charge >= 0.3 is 0 Å². The van der Waals surface area contributed by atoms with Crippen molar-refractivity contribution in [1.29, 1.82) is 0 Å². The quantitative estimate of drug-likeness (QED) is 0.759. The Labute approximate surface area is 125 Å². The molecule has 1 rings (SSSR count). The van der Waals surface area contributed by atoms with Gasteiger partial charge in [0.25, 0.3) is 0 Å². The van der Waals surface area contributed by atoms with Crippen LogP contribution in [-0.2, 0) is 4.79 Å². The molecule has 0 aliphatic rings. The van der Waals surface area contributed by atoms with Gasteiger partial charge < -0.3 is 10.4 Å². The molecule has 0 bridgehead atoms. The number of rotatable bonds is 7. The standard InChI is InChI=1S/C16H22ClNO2/c1-16(2,10-3-11-19)12-18-15(20)9-6-13-4-7-14(17)8-5-13/h4-9,19H,3,10-12H2,1-2H3,(H,18,20)/b9-6+. The van der Waals surface area contributed by atoms with Gasteiger partial charge in [0.05, 0.1) is 0 Å². The fourth-order valence-electron chi connectivity index (χ4n) is 1.78. The zero-order chi connectivity index (χ0) is 15.0. The normalized spacial score (nSPS) is 11.8. The number of halogens is 1. The number of carbonyl (C=O) groups excluding carboxylic acids is 1. The Morgan fingerprint density at radius 1 is 1.35 bits per heavy atom. The first-order chi connectivity index (χ1) is 9.43. The minimum Gasteiger partial charge on any atom is -0.396 e. The fraction of sp³-hybridized carbons (Fsp3) is 0.438. The minimum absolute atomic E-state index is 0.00744. The van der Waals surface area contributed by atoms with Crippen molar-refractivity contribution in [3.63, 3.8) is 0 Å². The summed E-state index contributed by atoms with van der Waals surface area (Å²) in [5.74, 6) is -0.114. The van der Waals surface area contributed by atoms with Gasteiger partial charge in [-0.3, -0.25) is 4.79 Å². The molecule has 0 radical (unpaired) electrons. The Bertz CT molecular complexity index is 452. The topological polar surface area (TPSA) is 49.3 Å². The summed E-state index contributed by atoms with van der Waals surface area (Å²) in [4.78, 5) is 11.7. The number of hydrogen-bond donors (Lipinski definition) is 2. The molecule has 0 atom stereocenters. The molecule has 2 N–H and O–H groups in total. The summed E-state index contributed by atoms with van der Waals surface area (Å²) in [5, 5.41) is 12.4. The van der Waals surface area contributed by atoms with Gasteiger partial charge in [-0.15, -0.1) is 0 Å². The van der Waals surface area contributed by atoms with Crippen molar-refractivity contribution < 1.29 is 9.90 Å². The molecular formula is C16H22ClNO2. The molecule has 0 aromatic heterocycles. The molecule has 1 amide bonds. The maximum Gasteiger partial charge on any atom is 0.244 e. The van der Waals surface area contributed by atoms with Crippen LogP contribution in [0.5, 0.6) is 0 Å². The second-order valence-corrected chi connectivity index (χ2v) is 6.03. The molecular weight excluding hydrogens is 274 g/mol. The highest BCUT2D eigenvalue weighted by atomic mass is 35.5. The maximum atomic E-state index is 11.7. The van der Waals surface area contributed by atoms with Crippen LogP contribution in [0.4, 0.5) is 0 Å². The zero-order valence-electron chi connectivity index (χ0n) is 12.0. The van der Waals surface area contributed by atoms with Crippen LogP contribution >= 0.6 is 11.6 Å². The summed E-state index contributed by atoms with van der Waals surface area (Å²) in [6.45, 7) is 4.93. The molecule has 0 spiro atoms. The van der Waals surface area contributed by atoms with Crippen LogP contribution in [0.2, 0.25) is 5.02 Å². The van der Waals surface area contributed by atoms with Crippen LogP contribution in [0, 0.1) is 5.41 Å². The van der Waals surface area contributed by atoms with Gasteiger partial charge in [0, 0.05) is 24.3 Å². The summed E-state index contributed by atoms with van der Waals surface area (Å²) in [7, 11) is 0. The lowest BCUT2D eigenvalue weighted by molar-refractivity contribution is -0.116. The van der Waals surface area contributed by atoms with E-state index in [-0.39, 0.29) is 17.9 Å². The molecule has 110 valence electrons. The zero-order valence-corrected chi connectivity index (χ0v) is 12.8. The number of amides is 1. The van der Waals surface area contributed by atoms with Gasteiger partial charge in [-0.1, -0.05) is 37.6 Å². The monoisotopic (exact) mass is 295 g/mol. The lowest BCUT2D eigenvalue weighted by Crippen LogP contribution is -2.33. The summed E-state index contributed by atoms with van der Waals surface area (Å²) >= 11 is 5.79. The van der Waals surface area contributed by atoms with Crippen molar-refractivity contribution in [3.05, 3.63) is 40.9 Å². The van der Waals surface area contributed by atoms with Gasteiger partial charge in [-0.05, 0) is 42.0 Å². The molecule has 0 aliphatic carbocycles. The number of aliphatic hydroxyl groups excluding tert-OH is 1. The number of nitrogens with one attached hydrogen (secondary N) is 1. The Balaban J connectivity index is 2.41. The van der Waals surface area contributed by atoms with Crippen molar-refractivity contribution in [1.82, 2.24) is 5.32 Å². The highest BCUT2D eigenvalue weighted by Crippen LogP contribution is 2.20. The van der Waals surface area contributed by atoms with E-state index in [2.05, 4.69) is 19.2 Å². The van der Waals surface area contributed by atoms with Crippen molar-refractivity contribution in [2.75, 3.05) is 13.2 Å². The number of benzene rings is 1. The number of carbonyl (C=O) groups is 1. The van der Waals surface area contributed by atoms with E-state index in [4.69, 9.17) is 16.7 Å². The van der Waals surface area contributed by atoms with Crippen molar-refractivity contribution in [3.8, 4) is 0 Å². The highest BCUT2D eigenvalue weighted by molar-refractivity contribution is 6.30. The summed E-state index contributed by atoms with van der Waals surface area (Å²) in [6.07, 6.45) is 4.91. The van der Waals surface area contributed by atoms with E-state index in [1.165, 1.54) is 6.08 Å². The van der Waals surface area contributed by atoms with E-state index >= 15 is 0 Å². The summed E-state index contributed by atoms with van der Waals surface area (Å²) < 4.78 is 0. The second-order valence-electron chi connectivity index (χ2n) is 5.59. The Hall–Kier alpha value is -1.32. The fourth-order valence-corrected chi connectivity index (χ4v) is 1.90.